The van der Waals surface area contributed by atoms with Gasteiger partial charge in [-0.2, -0.15) is 0 Å². The third kappa shape index (κ3) is 4.04. The molecule has 3 aliphatic rings. The molecule has 3 unspecified atom stereocenters. The van der Waals surface area contributed by atoms with Crippen molar-refractivity contribution in [1.29, 1.82) is 0 Å². The molecule has 1 aliphatic heterocycles. The van der Waals surface area contributed by atoms with E-state index in [2.05, 4.69) is 72.7 Å². The first-order valence-corrected chi connectivity index (χ1v) is 10.7. The van der Waals surface area contributed by atoms with Crippen molar-refractivity contribution >= 4 is 29.9 Å². The van der Waals surface area contributed by atoms with Crippen molar-refractivity contribution in [2.75, 3.05) is 34.3 Å². The molecule has 162 valence electrons. The van der Waals surface area contributed by atoms with E-state index in [1.807, 2.05) is 7.05 Å². The van der Waals surface area contributed by atoms with E-state index in [-0.39, 0.29) is 34.9 Å². The molecule has 1 saturated carbocycles. The van der Waals surface area contributed by atoms with Gasteiger partial charge in [0, 0.05) is 43.1 Å². The summed E-state index contributed by atoms with van der Waals surface area (Å²) in [6.45, 7) is 6.43. The fraction of sp³-hybridized carbons (Fsp3) is 0.696. The molecule has 1 heterocycles. The lowest BCUT2D eigenvalue weighted by atomic mass is 9.55. The van der Waals surface area contributed by atoms with Gasteiger partial charge in [0.1, 0.15) is 0 Å². The van der Waals surface area contributed by atoms with Crippen LogP contribution >= 0.6 is 24.0 Å². The molecular weight excluding hydrogens is 475 g/mol. The van der Waals surface area contributed by atoms with E-state index in [4.69, 9.17) is 4.74 Å². The zero-order chi connectivity index (χ0) is 19.9. The number of halogens is 1. The number of likely N-dealkylation sites (N-methyl/N-ethyl adjacent to an activating group) is 1. The maximum atomic E-state index is 6.06. The summed E-state index contributed by atoms with van der Waals surface area (Å²) in [6, 6.07) is 9.27. The highest BCUT2D eigenvalue weighted by Gasteiger charge is 2.58. The van der Waals surface area contributed by atoms with Gasteiger partial charge in [0.05, 0.1) is 6.10 Å². The molecule has 0 spiro atoms. The smallest absolute Gasteiger partial charge is 0.191 e. The Balaban J connectivity index is 0.00000240. The summed E-state index contributed by atoms with van der Waals surface area (Å²) in [5.74, 6) is 1.51. The average molecular weight is 512 g/mol. The van der Waals surface area contributed by atoms with E-state index in [1.165, 1.54) is 24.0 Å². The first-order chi connectivity index (χ1) is 13.4. The summed E-state index contributed by atoms with van der Waals surface area (Å²) >= 11 is 0. The second-order valence-electron chi connectivity index (χ2n) is 9.71. The summed E-state index contributed by atoms with van der Waals surface area (Å²) in [5, 5.41) is 7.39. The van der Waals surface area contributed by atoms with Crippen LogP contribution in [0.2, 0.25) is 0 Å². The van der Waals surface area contributed by atoms with Crippen molar-refractivity contribution in [3.8, 4) is 0 Å². The van der Waals surface area contributed by atoms with Gasteiger partial charge in [0.25, 0.3) is 0 Å². The predicted molar refractivity (Wildman–Crippen MR) is 130 cm³/mol. The molecule has 1 aromatic carbocycles. The molecule has 29 heavy (non-hydrogen) atoms. The minimum absolute atomic E-state index is 0. The van der Waals surface area contributed by atoms with E-state index < -0.39 is 0 Å². The van der Waals surface area contributed by atoms with Gasteiger partial charge in [-0.15, -0.1) is 24.0 Å². The van der Waals surface area contributed by atoms with Crippen molar-refractivity contribution in [3.63, 3.8) is 0 Å². The number of rotatable bonds is 4. The number of hydrogen-bond acceptors (Lipinski definition) is 3. The zero-order valence-electron chi connectivity index (χ0n) is 18.5. The van der Waals surface area contributed by atoms with Crippen LogP contribution in [0.1, 0.15) is 37.8 Å². The van der Waals surface area contributed by atoms with E-state index in [9.17, 15) is 0 Å². The Morgan fingerprint density at radius 3 is 2.45 bits per heavy atom. The third-order valence-corrected chi connectivity index (χ3v) is 7.54. The molecule has 3 atom stereocenters. The fourth-order valence-corrected chi connectivity index (χ4v) is 5.68. The van der Waals surface area contributed by atoms with Gasteiger partial charge in [0.15, 0.2) is 5.96 Å². The third-order valence-electron chi connectivity index (χ3n) is 7.54. The van der Waals surface area contributed by atoms with Crippen molar-refractivity contribution in [2.45, 2.75) is 57.2 Å². The van der Waals surface area contributed by atoms with Gasteiger partial charge in [-0.3, -0.25) is 4.99 Å². The van der Waals surface area contributed by atoms with Gasteiger partial charge in [0.2, 0.25) is 0 Å². The normalized spacial score (nSPS) is 29.3. The minimum Gasteiger partial charge on any atom is -0.377 e. The number of aliphatic imine (C=N–C) groups is 1. The molecule has 0 bridgehead atoms. The average Bonchev–Trinajstić information content (AvgIpc) is 3.08. The van der Waals surface area contributed by atoms with Gasteiger partial charge in [-0.05, 0) is 50.9 Å². The lowest BCUT2D eigenvalue weighted by Crippen LogP contribution is -2.71. The van der Waals surface area contributed by atoms with Gasteiger partial charge < -0.3 is 20.3 Å². The number of nitrogens with one attached hydrogen (secondary N) is 2. The summed E-state index contributed by atoms with van der Waals surface area (Å²) in [5.41, 5.74) is 3.19. The number of benzene rings is 1. The SMILES string of the molecule is CN=C(NCC1(N(C)C)Cc2ccccc2C1)NC1C2CCCOC2C1(C)C.I. The van der Waals surface area contributed by atoms with Crippen LogP contribution in [-0.4, -0.2) is 62.8 Å². The standard InChI is InChI=1S/C23H36N4O.HI/c1-22(2)19(18-11-8-12-28-20(18)22)26-21(24-3)25-15-23(27(4)5)13-16-9-6-7-10-17(16)14-23;/h6-7,9-10,18-20H,8,11-15H2,1-5H3,(H2,24,25,26);1H. The van der Waals surface area contributed by atoms with E-state index in [0.29, 0.717) is 18.1 Å². The summed E-state index contributed by atoms with van der Waals surface area (Å²) in [4.78, 5) is 6.93. The molecule has 1 saturated heterocycles. The van der Waals surface area contributed by atoms with Crippen LogP contribution in [0.3, 0.4) is 0 Å². The van der Waals surface area contributed by atoms with E-state index >= 15 is 0 Å². The number of ether oxygens (including phenoxy) is 1. The van der Waals surface area contributed by atoms with Crippen LogP contribution in [0, 0.1) is 11.3 Å². The molecule has 0 amide bonds. The molecular formula is C23H37IN4O. The highest BCUT2D eigenvalue weighted by atomic mass is 127. The number of hydrogen-bond donors (Lipinski definition) is 2. The monoisotopic (exact) mass is 512 g/mol. The second kappa shape index (κ2) is 8.71. The van der Waals surface area contributed by atoms with Crippen LogP contribution < -0.4 is 10.6 Å². The fourth-order valence-electron chi connectivity index (χ4n) is 5.68. The Hall–Kier alpha value is -0.860. The van der Waals surface area contributed by atoms with Gasteiger partial charge >= 0.3 is 0 Å². The quantitative estimate of drug-likeness (QED) is 0.370. The molecule has 6 heteroatoms. The molecule has 4 rings (SSSR count). The first-order valence-electron chi connectivity index (χ1n) is 10.7. The highest BCUT2D eigenvalue weighted by molar-refractivity contribution is 14.0. The second-order valence-corrected chi connectivity index (χ2v) is 9.71. The van der Waals surface area contributed by atoms with Crippen LogP contribution in [0.15, 0.2) is 29.3 Å². The van der Waals surface area contributed by atoms with Gasteiger partial charge in [-0.1, -0.05) is 38.1 Å². The maximum Gasteiger partial charge on any atom is 0.191 e. The first kappa shape index (κ1) is 22.8. The summed E-state index contributed by atoms with van der Waals surface area (Å²) in [6.07, 6.45) is 4.96. The van der Waals surface area contributed by atoms with Crippen molar-refractivity contribution in [3.05, 3.63) is 35.4 Å². The van der Waals surface area contributed by atoms with Crippen molar-refractivity contribution in [2.24, 2.45) is 16.3 Å². The molecule has 1 aromatic rings. The molecule has 0 radical (unpaired) electrons. The van der Waals surface area contributed by atoms with Crippen LogP contribution in [0.25, 0.3) is 0 Å². The summed E-state index contributed by atoms with van der Waals surface area (Å²) in [7, 11) is 6.27. The Morgan fingerprint density at radius 1 is 1.21 bits per heavy atom. The Bertz CT molecular complexity index is 723. The van der Waals surface area contributed by atoms with E-state index in [1.54, 1.807) is 0 Å². The topological polar surface area (TPSA) is 48.9 Å². The number of guanidine groups is 1. The lowest BCUT2D eigenvalue weighted by Gasteiger charge is -2.60. The summed E-state index contributed by atoms with van der Waals surface area (Å²) < 4.78 is 6.06. The predicted octanol–water partition coefficient (Wildman–Crippen LogP) is 3.07. The van der Waals surface area contributed by atoms with Crippen molar-refractivity contribution < 1.29 is 4.74 Å². The molecule has 2 N–H and O–H groups in total. The zero-order valence-corrected chi connectivity index (χ0v) is 20.8. The highest BCUT2D eigenvalue weighted by Crippen LogP contribution is 2.51. The lowest BCUT2D eigenvalue weighted by molar-refractivity contribution is -0.188. The Morgan fingerprint density at radius 2 is 1.86 bits per heavy atom. The minimum atomic E-state index is 0. The Kier molecular flexibility index (Phi) is 6.85. The van der Waals surface area contributed by atoms with E-state index in [0.717, 1.165) is 32.0 Å². The number of fused-ring (bicyclic) bond motifs is 2. The van der Waals surface area contributed by atoms with Crippen LogP contribution in [-0.2, 0) is 17.6 Å². The van der Waals surface area contributed by atoms with Crippen molar-refractivity contribution in [1.82, 2.24) is 15.5 Å². The maximum absolute atomic E-state index is 6.06. The molecule has 2 fully saturated rings. The number of nitrogens with zero attached hydrogens (tertiary/aromatic N) is 2. The Labute approximate surface area is 193 Å². The molecule has 5 nitrogen and oxygen atoms in total. The van der Waals surface area contributed by atoms with Gasteiger partial charge in [-0.25, -0.2) is 0 Å². The largest absolute Gasteiger partial charge is 0.377 e. The molecule has 2 aliphatic carbocycles. The van der Waals surface area contributed by atoms with Crippen LogP contribution in [0.4, 0.5) is 0 Å². The molecule has 0 aromatic heterocycles. The van der Waals surface area contributed by atoms with Crippen LogP contribution in [0.5, 0.6) is 0 Å².